The van der Waals surface area contributed by atoms with Crippen LogP contribution in [0.2, 0.25) is 0 Å². The largest absolute Gasteiger partial charge is 0.380 e. The van der Waals surface area contributed by atoms with Crippen molar-refractivity contribution in [1.82, 2.24) is 5.32 Å². The third-order valence-corrected chi connectivity index (χ3v) is 5.96. The molecule has 0 aliphatic rings. The van der Waals surface area contributed by atoms with E-state index in [0.29, 0.717) is 5.56 Å². The molecule has 0 aliphatic heterocycles. The first-order chi connectivity index (χ1) is 9.95. The van der Waals surface area contributed by atoms with Crippen molar-refractivity contribution in [2.24, 2.45) is 0 Å². The van der Waals surface area contributed by atoms with Crippen molar-refractivity contribution < 1.29 is 4.79 Å². The molecular formula is C15H16Br2N2OS. The molecule has 0 saturated heterocycles. The second kappa shape index (κ2) is 7.42. The van der Waals surface area contributed by atoms with Crippen molar-refractivity contribution in [2.45, 2.75) is 26.4 Å². The highest BCUT2D eigenvalue weighted by molar-refractivity contribution is 9.13. The van der Waals surface area contributed by atoms with Crippen molar-refractivity contribution in [3.05, 3.63) is 49.0 Å². The van der Waals surface area contributed by atoms with Crippen LogP contribution in [0.1, 0.15) is 29.1 Å². The van der Waals surface area contributed by atoms with Gasteiger partial charge in [0.25, 0.3) is 5.91 Å². The van der Waals surface area contributed by atoms with Gasteiger partial charge in [0, 0.05) is 33.2 Å². The molecule has 0 saturated carbocycles. The van der Waals surface area contributed by atoms with Gasteiger partial charge in [-0.15, -0.1) is 11.3 Å². The Labute approximate surface area is 145 Å². The molecule has 0 fully saturated rings. The fourth-order valence-electron chi connectivity index (χ4n) is 1.78. The first-order valence-corrected chi connectivity index (χ1v) is 8.94. The Bertz CT molecular complexity index is 621. The Hall–Kier alpha value is -0.850. The highest BCUT2D eigenvalue weighted by Gasteiger charge is 2.08. The van der Waals surface area contributed by atoms with Gasteiger partial charge in [-0.2, -0.15) is 0 Å². The van der Waals surface area contributed by atoms with Crippen molar-refractivity contribution in [2.75, 3.05) is 5.32 Å². The number of carbonyl (C=O) groups is 1. The van der Waals surface area contributed by atoms with Crippen LogP contribution in [-0.2, 0) is 6.54 Å². The van der Waals surface area contributed by atoms with E-state index >= 15 is 0 Å². The van der Waals surface area contributed by atoms with Crippen molar-refractivity contribution in [1.29, 1.82) is 0 Å². The van der Waals surface area contributed by atoms with Crippen LogP contribution in [0.4, 0.5) is 5.69 Å². The predicted molar refractivity (Wildman–Crippen MR) is 96.1 cm³/mol. The van der Waals surface area contributed by atoms with Gasteiger partial charge in [-0.25, -0.2) is 0 Å². The summed E-state index contributed by atoms with van der Waals surface area (Å²) in [5, 5.41) is 6.23. The topological polar surface area (TPSA) is 41.1 Å². The zero-order valence-electron chi connectivity index (χ0n) is 11.7. The van der Waals surface area contributed by atoms with Gasteiger partial charge >= 0.3 is 0 Å². The van der Waals surface area contributed by atoms with Crippen LogP contribution in [-0.4, -0.2) is 11.9 Å². The van der Waals surface area contributed by atoms with Crippen LogP contribution in [0.5, 0.6) is 0 Å². The van der Waals surface area contributed by atoms with E-state index < -0.39 is 0 Å². The number of anilines is 1. The molecule has 1 aromatic heterocycles. The minimum absolute atomic E-state index is 0.0461. The van der Waals surface area contributed by atoms with Crippen LogP contribution in [0.25, 0.3) is 0 Å². The predicted octanol–water partition coefficient (Wildman–Crippen LogP) is 5.02. The van der Waals surface area contributed by atoms with Crippen LogP contribution in [0.3, 0.4) is 0 Å². The summed E-state index contributed by atoms with van der Waals surface area (Å²) in [5.74, 6) is -0.0461. The van der Waals surface area contributed by atoms with Gasteiger partial charge in [-0.05, 0) is 70.0 Å². The average molecular weight is 432 g/mol. The molecule has 1 amide bonds. The zero-order valence-corrected chi connectivity index (χ0v) is 15.7. The zero-order chi connectivity index (χ0) is 15.4. The van der Waals surface area contributed by atoms with Crippen LogP contribution in [0.15, 0.2) is 38.6 Å². The van der Waals surface area contributed by atoms with Crippen LogP contribution < -0.4 is 10.6 Å². The molecule has 1 aromatic carbocycles. The lowest BCUT2D eigenvalue weighted by Gasteiger charge is -2.10. The highest BCUT2D eigenvalue weighted by Crippen LogP contribution is 2.32. The lowest BCUT2D eigenvalue weighted by atomic mass is 10.1. The van der Waals surface area contributed by atoms with Crippen LogP contribution >= 0.6 is 43.2 Å². The summed E-state index contributed by atoms with van der Waals surface area (Å²) in [5.41, 5.74) is 1.61. The van der Waals surface area contributed by atoms with E-state index in [9.17, 15) is 4.79 Å². The first-order valence-electron chi connectivity index (χ1n) is 6.54. The monoisotopic (exact) mass is 430 g/mol. The van der Waals surface area contributed by atoms with Crippen LogP contribution in [0, 0.1) is 0 Å². The molecule has 2 rings (SSSR count). The second-order valence-electron chi connectivity index (χ2n) is 4.90. The molecule has 0 aliphatic carbocycles. The number of halogens is 2. The van der Waals surface area contributed by atoms with Crippen molar-refractivity contribution in [3.63, 3.8) is 0 Å². The summed E-state index contributed by atoms with van der Waals surface area (Å²) in [6.45, 7) is 4.63. The number of rotatable bonds is 5. The maximum absolute atomic E-state index is 12.0. The quantitative estimate of drug-likeness (QED) is 0.697. The maximum Gasteiger partial charge on any atom is 0.251 e. The number of carbonyl (C=O) groups excluding carboxylic acids is 1. The standard InChI is InChI=1S/C15H16Br2N2OS/c1-9(2)19-15(20)10-4-3-5-11(6-10)18-8-12-7-13(16)14(17)21-12/h3-7,9,18H,8H2,1-2H3,(H,19,20). The highest BCUT2D eigenvalue weighted by atomic mass is 79.9. The molecule has 0 unspecified atom stereocenters. The van der Waals surface area contributed by atoms with Gasteiger partial charge in [0.15, 0.2) is 0 Å². The molecule has 21 heavy (non-hydrogen) atoms. The summed E-state index contributed by atoms with van der Waals surface area (Å²) >= 11 is 8.65. The number of nitrogens with one attached hydrogen (secondary N) is 2. The number of amides is 1. The summed E-state index contributed by atoms with van der Waals surface area (Å²) < 4.78 is 2.15. The van der Waals surface area contributed by atoms with Gasteiger partial charge in [-0.3, -0.25) is 4.79 Å². The fourth-order valence-corrected chi connectivity index (χ4v) is 3.90. The molecule has 0 spiro atoms. The molecule has 2 N–H and O–H groups in total. The summed E-state index contributed by atoms with van der Waals surface area (Å²) in [7, 11) is 0. The Morgan fingerprint density at radius 3 is 2.67 bits per heavy atom. The lowest BCUT2D eigenvalue weighted by molar-refractivity contribution is 0.0943. The second-order valence-corrected chi connectivity index (χ2v) is 8.21. The van der Waals surface area contributed by atoms with E-state index in [2.05, 4.69) is 48.6 Å². The van der Waals surface area contributed by atoms with Crippen molar-refractivity contribution in [3.8, 4) is 0 Å². The van der Waals surface area contributed by atoms with E-state index in [1.165, 1.54) is 4.88 Å². The smallest absolute Gasteiger partial charge is 0.251 e. The molecule has 6 heteroatoms. The molecule has 0 atom stereocenters. The van der Waals surface area contributed by atoms with Gasteiger partial charge in [0.05, 0.1) is 3.79 Å². The Morgan fingerprint density at radius 2 is 2.05 bits per heavy atom. The Kier molecular flexibility index (Phi) is 5.84. The van der Waals surface area contributed by atoms with E-state index in [-0.39, 0.29) is 11.9 Å². The first kappa shape index (κ1) is 16.5. The van der Waals surface area contributed by atoms with Gasteiger partial charge < -0.3 is 10.6 Å². The summed E-state index contributed by atoms with van der Waals surface area (Å²) in [4.78, 5) is 13.2. The number of thiophene rings is 1. The van der Waals surface area contributed by atoms with E-state index in [1.807, 2.05) is 38.1 Å². The van der Waals surface area contributed by atoms with E-state index in [1.54, 1.807) is 11.3 Å². The molecule has 2 aromatic rings. The maximum atomic E-state index is 12.0. The third-order valence-electron chi connectivity index (χ3n) is 2.71. The average Bonchev–Trinajstić information content (AvgIpc) is 2.75. The number of hydrogen-bond donors (Lipinski definition) is 2. The Morgan fingerprint density at radius 1 is 1.29 bits per heavy atom. The fraction of sp³-hybridized carbons (Fsp3) is 0.267. The third kappa shape index (κ3) is 4.83. The lowest BCUT2D eigenvalue weighted by Crippen LogP contribution is -2.30. The SMILES string of the molecule is CC(C)NC(=O)c1cccc(NCc2cc(Br)c(Br)s2)c1. The van der Waals surface area contributed by atoms with Gasteiger partial charge in [0.1, 0.15) is 0 Å². The van der Waals surface area contributed by atoms with Gasteiger partial charge in [-0.1, -0.05) is 6.07 Å². The number of benzene rings is 1. The minimum atomic E-state index is -0.0461. The Balaban J connectivity index is 2.02. The molecule has 112 valence electrons. The van der Waals surface area contributed by atoms with Crippen molar-refractivity contribution >= 4 is 54.8 Å². The number of hydrogen-bond acceptors (Lipinski definition) is 3. The molecular weight excluding hydrogens is 416 g/mol. The molecule has 0 bridgehead atoms. The minimum Gasteiger partial charge on any atom is -0.380 e. The summed E-state index contributed by atoms with van der Waals surface area (Å²) in [6.07, 6.45) is 0. The molecule has 0 radical (unpaired) electrons. The normalized spacial score (nSPS) is 10.7. The summed E-state index contributed by atoms with van der Waals surface area (Å²) in [6, 6.07) is 9.75. The van der Waals surface area contributed by atoms with Gasteiger partial charge in [0.2, 0.25) is 0 Å². The molecule has 3 nitrogen and oxygen atoms in total. The van der Waals surface area contributed by atoms with E-state index in [4.69, 9.17) is 0 Å². The van der Waals surface area contributed by atoms with E-state index in [0.717, 1.165) is 20.5 Å². The molecule has 1 heterocycles.